The van der Waals surface area contributed by atoms with Crippen LogP contribution in [0.25, 0.3) is 10.9 Å². The van der Waals surface area contributed by atoms with E-state index in [0.29, 0.717) is 12.8 Å². The summed E-state index contributed by atoms with van der Waals surface area (Å²) < 4.78 is 27.3. The molecule has 2 fully saturated rings. The number of hydrogen-bond acceptors (Lipinski definition) is 3. The van der Waals surface area contributed by atoms with Gasteiger partial charge >= 0.3 is 0 Å². The second-order valence-electron chi connectivity index (χ2n) is 7.96. The van der Waals surface area contributed by atoms with Gasteiger partial charge in [0.1, 0.15) is 23.4 Å². The van der Waals surface area contributed by atoms with E-state index in [1.807, 2.05) is 0 Å². The number of aromatic amines is 1. The summed E-state index contributed by atoms with van der Waals surface area (Å²) in [5.74, 6) is -2.34. The Morgan fingerprint density at radius 3 is 2.62 bits per heavy atom. The Morgan fingerprint density at radius 1 is 1.14 bits per heavy atom. The molecule has 4 rings (SSSR count). The number of H-pyrrole nitrogens is 1. The van der Waals surface area contributed by atoms with Gasteiger partial charge in [0.05, 0.1) is 17.5 Å². The van der Waals surface area contributed by atoms with Gasteiger partial charge in [0, 0.05) is 17.5 Å². The molecule has 3 atom stereocenters. The van der Waals surface area contributed by atoms with Crippen LogP contribution in [0.15, 0.2) is 18.2 Å². The van der Waals surface area contributed by atoms with Gasteiger partial charge < -0.3 is 15.6 Å². The van der Waals surface area contributed by atoms with Crippen LogP contribution in [0.3, 0.4) is 0 Å². The second-order valence-corrected chi connectivity index (χ2v) is 7.96. The van der Waals surface area contributed by atoms with Crippen molar-refractivity contribution in [1.29, 1.82) is 5.26 Å². The Labute approximate surface area is 166 Å². The molecule has 6 nitrogen and oxygen atoms in total. The Morgan fingerprint density at radius 2 is 1.90 bits per heavy atom. The number of carbonyl (C=O) groups is 2. The molecule has 3 unspecified atom stereocenters. The van der Waals surface area contributed by atoms with Crippen molar-refractivity contribution in [2.24, 2.45) is 11.8 Å². The van der Waals surface area contributed by atoms with Gasteiger partial charge in [-0.05, 0) is 43.7 Å². The molecule has 3 N–H and O–H groups in total. The van der Waals surface area contributed by atoms with E-state index in [1.54, 1.807) is 0 Å². The summed E-state index contributed by atoms with van der Waals surface area (Å²) in [5.41, 5.74) is 0.314. The largest absolute Gasteiger partial charge is 0.350 e. The molecule has 1 aromatic heterocycles. The van der Waals surface area contributed by atoms with Gasteiger partial charge in [-0.2, -0.15) is 5.26 Å². The molecule has 152 valence electrons. The van der Waals surface area contributed by atoms with Crippen LogP contribution in [0.1, 0.15) is 49.0 Å². The molecule has 2 amide bonds. The molecule has 0 aliphatic heterocycles. The van der Waals surface area contributed by atoms with Gasteiger partial charge in [0.2, 0.25) is 5.91 Å². The number of amides is 2. The zero-order valence-corrected chi connectivity index (χ0v) is 15.8. The predicted octanol–water partition coefficient (Wildman–Crippen LogP) is 3.15. The third kappa shape index (κ3) is 4.09. The minimum Gasteiger partial charge on any atom is -0.350 e. The molecule has 0 radical (unpaired) electrons. The number of aromatic nitrogens is 1. The molecule has 2 aromatic rings. The van der Waals surface area contributed by atoms with Gasteiger partial charge in [-0.3, -0.25) is 9.59 Å². The monoisotopic (exact) mass is 400 g/mol. The summed E-state index contributed by atoms with van der Waals surface area (Å²) in [7, 11) is 0. The van der Waals surface area contributed by atoms with E-state index in [9.17, 15) is 23.6 Å². The van der Waals surface area contributed by atoms with Crippen LogP contribution >= 0.6 is 0 Å². The maximum absolute atomic E-state index is 13.9. The predicted molar refractivity (Wildman–Crippen MR) is 102 cm³/mol. The van der Waals surface area contributed by atoms with Crippen LogP contribution in [0.2, 0.25) is 0 Å². The number of nitrogens with one attached hydrogen (secondary N) is 3. The third-order valence-electron chi connectivity index (χ3n) is 5.85. The van der Waals surface area contributed by atoms with E-state index >= 15 is 0 Å². The molecular weight excluding hydrogens is 378 g/mol. The second kappa shape index (κ2) is 7.82. The van der Waals surface area contributed by atoms with E-state index in [0.717, 1.165) is 37.8 Å². The number of fused-ring (bicyclic) bond motifs is 1. The highest BCUT2D eigenvalue weighted by Crippen LogP contribution is 2.33. The normalized spacial score (nSPS) is 22.7. The van der Waals surface area contributed by atoms with Crippen LogP contribution in [0.5, 0.6) is 0 Å². The molecule has 2 aliphatic carbocycles. The van der Waals surface area contributed by atoms with Crippen LogP contribution in [-0.2, 0) is 4.79 Å². The van der Waals surface area contributed by atoms with E-state index in [-0.39, 0.29) is 34.5 Å². The number of carbonyl (C=O) groups excluding carboxylic acids is 2. The van der Waals surface area contributed by atoms with Gasteiger partial charge in [0.15, 0.2) is 0 Å². The first-order valence-corrected chi connectivity index (χ1v) is 9.95. The van der Waals surface area contributed by atoms with Crippen molar-refractivity contribution in [3.63, 3.8) is 0 Å². The Hall–Kier alpha value is -2.95. The van der Waals surface area contributed by atoms with E-state index in [2.05, 4.69) is 21.7 Å². The number of halogens is 2. The minimum atomic E-state index is -0.743. The smallest absolute Gasteiger partial charge is 0.267 e. The summed E-state index contributed by atoms with van der Waals surface area (Å²) in [4.78, 5) is 28.2. The first kappa shape index (κ1) is 19.4. The first-order chi connectivity index (χ1) is 14.0. The van der Waals surface area contributed by atoms with Crippen molar-refractivity contribution >= 4 is 22.7 Å². The van der Waals surface area contributed by atoms with Crippen molar-refractivity contribution in [3.05, 3.63) is 35.5 Å². The lowest BCUT2D eigenvalue weighted by molar-refractivity contribution is -0.127. The van der Waals surface area contributed by atoms with Gasteiger partial charge in [-0.25, -0.2) is 8.78 Å². The number of rotatable bonds is 5. The van der Waals surface area contributed by atoms with Crippen molar-refractivity contribution in [2.45, 2.75) is 50.6 Å². The van der Waals surface area contributed by atoms with Gasteiger partial charge in [0.25, 0.3) is 5.91 Å². The SMILES string of the molecule is N#CC(NC(=O)C1CCCCC1NC(=O)c1cc2c(F)cc(F)cc2[nH]1)C1CC1. The van der Waals surface area contributed by atoms with Crippen molar-refractivity contribution in [1.82, 2.24) is 15.6 Å². The molecule has 2 aliphatic rings. The molecule has 2 saturated carbocycles. The number of benzene rings is 1. The molecule has 1 heterocycles. The lowest BCUT2D eigenvalue weighted by atomic mass is 9.83. The summed E-state index contributed by atoms with van der Waals surface area (Å²) in [6.45, 7) is 0. The maximum Gasteiger partial charge on any atom is 0.267 e. The van der Waals surface area contributed by atoms with Gasteiger partial charge in [-0.15, -0.1) is 0 Å². The van der Waals surface area contributed by atoms with Crippen molar-refractivity contribution in [3.8, 4) is 6.07 Å². The molecule has 0 spiro atoms. The molecule has 0 bridgehead atoms. The first-order valence-electron chi connectivity index (χ1n) is 9.95. The average Bonchev–Trinajstić information content (AvgIpc) is 3.44. The Kier molecular flexibility index (Phi) is 5.22. The number of nitrogens with zero attached hydrogens (tertiary/aromatic N) is 1. The fraction of sp³-hybridized carbons (Fsp3) is 0.476. The Balaban J connectivity index is 1.47. The van der Waals surface area contributed by atoms with Crippen LogP contribution in [-0.4, -0.2) is 28.9 Å². The van der Waals surface area contributed by atoms with Crippen molar-refractivity contribution < 1.29 is 18.4 Å². The zero-order valence-electron chi connectivity index (χ0n) is 15.8. The summed E-state index contributed by atoms with van der Waals surface area (Å²) in [6, 6.07) is 4.54. The van der Waals surface area contributed by atoms with Crippen LogP contribution < -0.4 is 10.6 Å². The van der Waals surface area contributed by atoms with Gasteiger partial charge in [-0.1, -0.05) is 12.8 Å². The fourth-order valence-electron chi connectivity index (χ4n) is 4.09. The number of hydrogen-bond donors (Lipinski definition) is 3. The molecular formula is C21H22F2N4O2. The molecule has 0 saturated heterocycles. The Bertz CT molecular complexity index is 992. The standard InChI is InChI=1S/C21H22F2N4O2/c22-12-7-15(23)14-9-18(25-17(14)8-12)21(29)26-16-4-2-1-3-13(16)20(28)27-19(10-24)11-5-6-11/h7-9,11,13,16,19,25H,1-6H2,(H,26,29)(H,27,28). The molecule has 1 aromatic carbocycles. The fourth-order valence-corrected chi connectivity index (χ4v) is 4.09. The minimum absolute atomic E-state index is 0.113. The van der Waals surface area contributed by atoms with E-state index in [4.69, 9.17) is 0 Å². The quantitative estimate of drug-likeness (QED) is 0.719. The molecule has 8 heteroatoms. The maximum atomic E-state index is 13.9. The highest BCUT2D eigenvalue weighted by molar-refractivity contribution is 5.98. The highest BCUT2D eigenvalue weighted by Gasteiger charge is 2.37. The summed E-state index contributed by atoms with van der Waals surface area (Å²) in [5, 5.41) is 15.1. The topological polar surface area (TPSA) is 97.8 Å². The lowest BCUT2D eigenvalue weighted by Crippen LogP contribution is -2.50. The van der Waals surface area contributed by atoms with Crippen molar-refractivity contribution in [2.75, 3.05) is 0 Å². The number of nitriles is 1. The van der Waals surface area contributed by atoms with E-state index in [1.165, 1.54) is 6.07 Å². The summed E-state index contributed by atoms with van der Waals surface area (Å²) >= 11 is 0. The lowest BCUT2D eigenvalue weighted by Gasteiger charge is -2.31. The zero-order chi connectivity index (χ0) is 20.5. The summed E-state index contributed by atoms with van der Waals surface area (Å²) in [6.07, 6.45) is 4.93. The van der Waals surface area contributed by atoms with E-state index < -0.39 is 29.5 Å². The highest BCUT2D eigenvalue weighted by atomic mass is 19.1. The van der Waals surface area contributed by atoms with Crippen LogP contribution in [0, 0.1) is 34.8 Å². The molecule has 29 heavy (non-hydrogen) atoms. The van der Waals surface area contributed by atoms with Crippen LogP contribution in [0.4, 0.5) is 8.78 Å². The third-order valence-corrected chi connectivity index (χ3v) is 5.85. The average molecular weight is 400 g/mol.